The van der Waals surface area contributed by atoms with Gasteiger partial charge in [-0.1, -0.05) is 95.5 Å². The minimum absolute atomic E-state index is 0.00510. The van der Waals surface area contributed by atoms with Crippen molar-refractivity contribution in [1.29, 1.82) is 0 Å². The van der Waals surface area contributed by atoms with Crippen LogP contribution in [-0.2, 0) is 27.2 Å². The molecule has 2 aliphatic rings. The van der Waals surface area contributed by atoms with Crippen LogP contribution in [0.1, 0.15) is 113 Å². The lowest BCUT2D eigenvalue weighted by Crippen LogP contribution is -2.40. The molecule has 1 spiro atoms. The van der Waals surface area contributed by atoms with Crippen molar-refractivity contribution in [2.45, 2.75) is 104 Å². The first-order chi connectivity index (χ1) is 18.2. The molecule has 0 N–H and O–H groups in total. The summed E-state index contributed by atoms with van der Waals surface area (Å²) in [5.74, 6) is 0.344. The highest BCUT2D eigenvalue weighted by atomic mass is 16.2. The fraction of sp³-hybridized carbons (Fsp3) is 0.559. The summed E-state index contributed by atoms with van der Waals surface area (Å²) in [5.41, 5.74) is 4.66. The molecule has 1 aliphatic carbocycles. The van der Waals surface area contributed by atoms with Crippen LogP contribution in [0.5, 0.6) is 0 Å². The van der Waals surface area contributed by atoms with E-state index in [2.05, 4.69) is 58.0 Å². The number of carbonyl (C=O) groups is 3. The molecule has 1 saturated heterocycles. The number of imide groups is 1. The van der Waals surface area contributed by atoms with Gasteiger partial charge in [-0.05, 0) is 72.6 Å². The van der Waals surface area contributed by atoms with E-state index in [0.717, 1.165) is 51.4 Å². The van der Waals surface area contributed by atoms with Crippen molar-refractivity contribution in [3.63, 3.8) is 0 Å². The van der Waals surface area contributed by atoms with Gasteiger partial charge in [0.05, 0.1) is 17.9 Å². The Balaban J connectivity index is 1.42. The lowest BCUT2D eigenvalue weighted by atomic mass is 9.65. The molecule has 2 amide bonds. The number of carbonyl (C=O) groups excluding carboxylic acids is 3. The third kappa shape index (κ3) is 5.95. The number of benzene rings is 2. The average molecular weight is 516 g/mol. The number of ketones is 1. The van der Waals surface area contributed by atoms with E-state index < -0.39 is 5.41 Å². The molecule has 38 heavy (non-hydrogen) atoms. The van der Waals surface area contributed by atoms with Crippen LogP contribution in [0.15, 0.2) is 48.5 Å². The van der Waals surface area contributed by atoms with Crippen LogP contribution in [0.2, 0.25) is 0 Å². The van der Waals surface area contributed by atoms with Gasteiger partial charge < -0.3 is 0 Å². The molecule has 1 unspecified atom stereocenters. The number of likely N-dealkylation sites (tertiary alicyclic amines) is 1. The van der Waals surface area contributed by atoms with Gasteiger partial charge in [-0.25, -0.2) is 0 Å². The summed E-state index contributed by atoms with van der Waals surface area (Å²) in [5, 5.41) is 0. The van der Waals surface area contributed by atoms with Crippen LogP contribution in [-0.4, -0.2) is 29.0 Å². The number of rotatable bonds is 11. The molecule has 2 aromatic carbocycles. The smallest absolute Gasteiger partial charge is 0.236 e. The maximum Gasteiger partial charge on any atom is 0.236 e. The largest absolute Gasteiger partial charge is 0.298 e. The normalized spacial score (nSPS) is 19.2. The van der Waals surface area contributed by atoms with Crippen molar-refractivity contribution in [3.8, 4) is 0 Å². The van der Waals surface area contributed by atoms with E-state index in [-0.39, 0.29) is 30.1 Å². The van der Waals surface area contributed by atoms with Crippen LogP contribution in [0.25, 0.3) is 0 Å². The summed E-state index contributed by atoms with van der Waals surface area (Å²) < 4.78 is 0. The van der Waals surface area contributed by atoms with Gasteiger partial charge in [-0.2, -0.15) is 0 Å². The maximum atomic E-state index is 13.7. The standard InChI is InChI=1S/C34H45NO3/c1-24(2)28-16-12-17-29(25(3)4)30(28)18-11-15-27(36)23-35-32(37)31(20-19-26-13-7-5-8-14-26)34(33(35)38)21-9-6-10-22-34/h5,7-8,12-14,16-17,24-25,31H,6,9-11,15,18-23H2,1-4H3. The van der Waals surface area contributed by atoms with Crippen LogP contribution >= 0.6 is 0 Å². The van der Waals surface area contributed by atoms with Gasteiger partial charge in [0.1, 0.15) is 0 Å². The molecule has 4 nitrogen and oxygen atoms in total. The Bertz CT molecular complexity index is 1100. The van der Waals surface area contributed by atoms with E-state index in [1.165, 1.54) is 27.2 Å². The monoisotopic (exact) mass is 515 g/mol. The molecule has 1 atom stereocenters. The van der Waals surface area contributed by atoms with Gasteiger partial charge in [-0.15, -0.1) is 0 Å². The second kappa shape index (κ2) is 12.4. The van der Waals surface area contributed by atoms with Crippen molar-refractivity contribution in [2.75, 3.05) is 6.54 Å². The Kier molecular flexibility index (Phi) is 9.23. The van der Waals surface area contributed by atoms with Crippen LogP contribution < -0.4 is 0 Å². The van der Waals surface area contributed by atoms with E-state index >= 15 is 0 Å². The number of amides is 2. The quantitative estimate of drug-likeness (QED) is 0.293. The van der Waals surface area contributed by atoms with Gasteiger partial charge in [0, 0.05) is 6.42 Å². The SMILES string of the molecule is CC(C)c1cccc(C(C)C)c1CCCC(=O)CN1C(=O)C(CCc2ccccc2)C2(CCCCC2)C1=O. The molecule has 4 heteroatoms. The zero-order chi connectivity index (χ0) is 27.3. The van der Waals surface area contributed by atoms with Crippen molar-refractivity contribution in [1.82, 2.24) is 4.90 Å². The molecule has 204 valence electrons. The lowest BCUT2D eigenvalue weighted by Gasteiger charge is -2.35. The molecule has 1 saturated carbocycles. The van der Waals surface area contributed by atoms with E-state index in [1.807, 2.05) is 18.2 Å². The zero-order valence-corrected chi connectivity index (χ0v) is 23.8. The van der Waals surface area contributed by atoms with Crippen molar-refractivity contribution < 1.29 is 14.4 Å². The number of hydrogen-bond donors (Lipinski definition) is 0. The first kappa shape index (κ1) is 28.3. The number of aryl methyl sites for hydroxylation is 1. The van der Waals surface area contributed by atoms with Crippen molar-refractivity contribution in [3.05, 3.63) is 70.8 Å². The predicted octanol–water partition coefficient (Wildman–Crippen LogP) is 7.39. The highest BCUT2D eigenvalue weighted by Gasteiger charge is 2.58. The van der Waals surface area contributed by atoms with Gasteiger partial charge in [0.2, 0.25) is 11.8 Å². The number of nitrogens with zero attached hydrogens (tertiary/aromatic N) is 1. The summed E-state index contributed by atoms with van der Waals surface area (Å²) in [6.07, 6.45) is 8.04. The van der Waals surface area contributed by atoms with Gasteiger partial charge in [0.15, 0.2) is 5.78 Å². The second-order valence-corrected chi connectivity index (χ2v) is 12.1. The Morgan fingerprint density at radius 1 is 0.868 bits per heavy atom. The Labute approximate surface area is 229 Å². The van der Waals surface area contributed by atoms with E-state index in [0.29, 0.717) is 24.7 Å². The minimum Gasteiger partial charge on any atom is -0.298 e. The molecule has 2 fully saturated rings. The third-order valence-electron chi connectivity index (χ3n) is 8.92. The molecule has 0 bridgehead atoms. The van der Waals surface area contributed by atoms with Crippen molar-refractivity contribution in [2.24, 2.45) is 11.3 Å². The fourth-order valence-electron chi connectivity index (χ4n) is 6.90. The summed E-state index contributed by atoms with van der Waals surface area (Å²) >= 11 is 0. The van der Waals surface area contributed by atoms with E-state index in [9.17, 15) is 14.4 Å². The molecular formula is C34H45NO3. The summed E-state index contributed by atoms with van der Waals surface area (Å²) in [7, 11) is 0. The van der Waals surface area contributed by atoms with Gasteiger partial charge >= 0.3 is 0 Å². The topological polar surface area (TPSA) is 54.5 Å². The highest BCUT2D eigenvalue weighted by molar-refractivity contribution is 6.09. The van der Waals surface area contributed by atoms with E-state index in [4.69, 9.17) is 0 Å². The number of Topliss-reactive ketones (excluding diaryl/α,β-unsaturated/α-hetero) is 1. The Hall–Kier alpha value is -2.75. The zero-order valence-electron chi connectivity index (χ0n) is 23.8. The molecule has 0 aromatic heterocycles. The summed E-state index contributed by atoms with van der Waals surface area (Å²) in [6, 6.07) is 16.7. The highest BCUT2D eigenvalue weighted by Crippen LogP contribution is 2.50. The molecular weight excluding hydrogens is 470 g/mol. The van der Waals surface area contributed by atoms with Crippen molar-refractivity contribution >= 4 is 17.6 Å². The minimum atomic E-state index is -0.604. The molecule has 4 rings (SSSR count). The molecule has 2 aromatic rings. The van der Waals surface area contributed by atoms with Crippen LogP contribution in [0, 0.1) is 11.3 Å². The van der Waals surface area contributed by atoms with Gasteiger partial charge in [-0.3, -0.25) is 19.3 Å². The Morgan fingerprint density at radius 2 is 1.50 bits per heavy atom. The van der Waals surface area contributed by atoms with Gasteiger partial charge in [0.25, 0.3) is 0 Å². The maximum absolute atomic E-state index is 13.7. The fourth-order valence-corrected chi connectivity index (χ4v) is 6.90. The summed E-state index contributed by atoms with van der Waals surface area (Å²) in [4.78, 5) is 41.8. The van der Waals surface area contributed by atoms with Crippen LogP contribution in [0.3, 0.4) is 0 Å². The average Bonchev–Trinajstić information content (AvgIpc) is 3.09. The first-order valence-corrected chi connectivity index (χ1v) is 14.8. The predicted molar refractivity (Wildman–Crippen MR) is 153 cm³/mol. The molecule has 0 radical (unpaired) electrons. The lowest BCUT2D eigenvalue weighted by molar-refractivity contribution is -0.145. The first-order valence-electron chi connectivity index (χ1n) is 14.8. The number of hydrogen-bond acceptors (Lipinski definition) is 3. The second-order valence-electron chi connectivity index (χ2n) is 12.1. The molecule has 1 aliphatic heterocycles. The van der Waals surface area contributed by atoms with E-state index in [1.54, 1.807) is 0 Å². The summed E-state index contributed by atoms with van der Waals surface area (Å²) in [6.45, 7) is 8.80. The molecule has 1 heterocycles. The third-order valence-corrected chi connectivity index (χ3v) is 8.92. The van der Waals surface area contributed by atoms with Crippen LogP contribution in [0.4, 0.5) is 0 Å². The Morgan fingerprint density at radius 3 is 2.11 bits per heavy atom.